The van der Waals surface area contributed by atoms with Crippen molar-refractivity contribution < 1.29 is 4.74 Å². The third-order valence-electron chi connectivity index (χ3n) is 2.57. The van der Waals surface area contributed by atoms with Gasteiger partial charge in [0.2, 0.25) is 17.8 Å². The monoisotopic (exact) mass is 282 g/mol. The fourth-order valence-corrected chi connectivity index (χ4v) is 1.61. The fraction of sp³-hybridized carbons (Fsp3) is 0.769. The van der Waals surface area contributed by atoms with Gasteiger partial charge in [-0.15, -0.1) is 0 Å². The molecule has 0 amide bonds. The average Bonchev–Trinajstić information content (AvgIpc) is 2.36. The van der Waals surface area contributed by atoms with E-state index in [1.165, 1.54) is 0 Å². The van der Waals surface area contributed by atoms with E-state index in [0.29, 0.717) is 31.0 Å². The molecule has 1 aromatic rings. The molecule has 0 saturated heterocycles. The molecule has 0 fully saturated rings. The van der Waals surface area contributed by atoms with Crippen LogP contribution in [-0.2, 0) is 4.74 Å². The summed E-state index contributed by atoms with van der Waals surface area (Å²) < 4.78 is 5.65. The van der Waals surface area contributed by atoms with Gasteiger partial charge in [0.05, 0.1) is 5.60 Å². The van der Waals surface area contributed by atoms with E-state index < -0.39 is 0 Å². The Balaban J connectivity index is 2.83. The Morgan fingerprint density at radius 1 is 1.05 bits per heavy atom. The number of nitrogens with one attached hydrogen (secondary N) is 2. The molecule has 20 heavy (non-hydrogen) atoms. The largest absolute Gasteiger partial charge is 0.374 e. The Morgan fingerprint density at radius 2 is 1.65 bits per heavy atom. The first-order chi connectivity index (χ1) is 9.38. The Morgan fingerprint density at radius 3 is 2.15 bits per heavy atom. The Kier molecular flexibility index (Phi) is 5.94. The van der Waals surface area contributed by atoms with Gasteiger partial charge < -0.3 is 20.3 Å². The van der Waals surface area contributed by atoms with Gasteiger partial charge in [-0.05, 0) is 27.7 Å². The quantitative estimate of drug-likeness (QED) is 0.750. The first-order valence-electron chi connectivity index (χ1n) is 6.93. The summed E-state index contributed by atoms with van der Waals surface area (Å²) in [5.41, 5.74) is -0.266. The van der Waals surface area contributed by atoms with Crippen LogP contribution in [0.3, 0.4) is 0 Å². The Labute approximate surface area is 121 Å². The molecule has 114 valence electrons. The lowest BCUT2D eigenvalue weighted by Gasteiger charge is -2.25. The van der Waals surface area contributed by atoms with Crippen LogP contribution in [0.5, 0.6) is 0 Å². The van der Waals surface area contributed by atoms with Gasteiger partial charge in [-0.1, -0.05) is 0 Å². The molecule has 7 nitrogen and oxygen atoms in total. The molecule has 1 aromatic heterocycles. The number of hydrogen-bond donors (Lipinski definition) is 2. The van der Waals surface area contributed by atoms with Crippen molar-refractivity contribution in [3.63, 3.8) is 0 Å². The van der Waals surface area contributed by atoms with Crippen molar-refractivity contribution in [1.82, 2.24) is 15.0 Å². The number of hydrogen-bond acceptors (Lipinski definition) is 7. The summed E-state index contributed by atoms with van der Waals surface area (Å²) in [5, 5.41) is 6.32. The van der Waals surface area contributed by atoms with Crippen LogP contribution in [0.2, 0.25) is 0 Å². The normalized spacial score (nSPS) is 11.3. The molecule has 0 saturated carbocycles. The maximum atomic E-state index is 5.65. The maximum Gasteiger partial charge on any atom is 0.231 e. The van der Waals surface area contributed by atoms with Crippen molar-refractivity contribution in [3.8, 4) is 0 Å². The summed E-state index contributed by atoms with van der Waals surface area (Å²) in [4.78, 5) is 14.9. The molecule has 0 spiro atoms. The Bertz CT molecular complexity index is 421. The van der Waals surface area contributed by atoms with Crippen molar-refractivity contribution in [1.29, 1.82) is 0 Å². The first kappa shape index (κ1) is 16.4. The van der Waals surface area contributed by atoms with Crippen LogP contribution in [0.25, 0.3) is 0 Å². The first-order valence-corrected chi connectivity index (χ1v) is 6.93. The molecule has 0 bridgehead atoms. The minimum absolute atomic E-state index is 0.266. The van der Waals surface area contributed by atoms with E-state index in [9.17, 15) is 0 Å². The highest BCUT2D eigenvalue weighted by atomic mass is 16.5. The van der Waals surface area contributed by atoms with Gasteiger partial charge in [-0.3, -0.25) is 0 Å². The van der Waals surface area contributed by atoms with Gasteiger partial charge in [0.15, 0.2) is 0 Å². The molecule has 0 aromatic carbocycles. The second-order valence-electron chi connectivity index (χ2n) is 5.25. The molecule has 7 heteroatoms. The summed E-state index contributed by atoms with van der Waals surface area (Å²) in [7, 11) is 3.80. The minimum Gasteiger partial charge on any atom is -0.374 e. The molecule has 0 atom stereocenters. The highest BCUT2D eigenvalue weighted by molar-refractivity contribution is 5.43. The van der Waals surface area contributed by atoms with Crippen LogP contribution in [-0.4, -0.2) is 54.3 Å². The number of anilines is 3. The topological polar surface area (TPSA) is 75.2 Å². The van der Waals surface area contributed by atoms with Crippen molar-refractivity contribution in [3.05, 3.63) is 0 Å². The smallest absolute Gasteiger partial charge is 0.231 e. The molecule has 0 unspecified atom stereocenters. The van der Waals surface area contributed by atoms with Crippen molar-refractivity contribution in [2.75, 3.05) is 49.3 Å². The van der Waals surface area contributed by atoms with Crippen LogP contribution in [0, 0.1) is 0 Å². The minimum atomic E-state index is -0.266. The summed E-state index contributed by atoms with van der Waals surface area (Å²) in [5.74, 6) is 1.74. The summed E-state index contributed by atoms with van der Waals surface area (Å²) in [6, 6.07) is 0. The highest BCUT2D eigenvalue weighted by Crippen LogP contribution is 2.14. The molecular weight excluding hydrogens is 256 g/mol. The van der Waals surface area contributed by atoms with Gasteiger partial charge in [-0.25, -0.2) is 0 Å². The molecule has 2 N–H and O–H groups in total. The van der Waals surface area contributed by atoms with E-state index in [4.69, 9.17) is 4.74 Å². The zero-order chi connectivity index (χ0) is 15.2. The van der Waals surface area contributed by atoms with Crippen LogP contribution < -0.4 is 15.5 Å². The second-order valence-corrected chi connectivity index (χ2v) is 5.25. The molecule has 0 radical (unpaired) electrons. The van der Waals surface area contributed by atoms with Crippen LogP contribution in [0.4, 0.5) is 17.8 Å². The van der Waals surface area contributed by atoms with E-state index >= 15 is 0 Å². The van der Waals surface area contributed by atoms with E-state index in [1.807, 2.05) is 46.7 Å². The summed E-state index contributed by atoms with van der Waals surface area (Å²) in [6.07, 6.45) is 0. The Hall–Kier alpha value is -1.63. The summed E-state index contributed by atoms with van der Waals surface area (Å²) >= 11 is 0. The third kappa shape index (κ3) is 5.16. The SMILES string of the molecule is CCNc1nc(NCC(C)(C)OCC)nc(N(C)C)n1. The van der Waals surface area contributed by atoms with E-state index in [1.54, 1.807) is 0 Å². The predicted molar refractivity (Wildman–Crippen MR) is 82.5 cm³/mol. The lowest BCUT2D eigenvalue weighted by atomic mass is 10.1. The fourth-order valence-electron chi connectivity index (χ4n) is 1.61. The molecule has 1 heterocycles. The molecular formula is C13H26N6O. The zero-order valence-corrected chi connectivity index (χ0v) is 13.3. The van der Waals surface area contributed by atoms with Gasteiger partial charge in [0, 0.05) is 33.8 Å². The lowest BCUT2D eigenvalue weighted by Crippen LogP contribution is -2.34. The predicted octanol–water partition coefficient (Wildman–Crippen LogP) is 1.60. The number of ether oxygens (including phenoxy) is 1. The van der Waals surface area contributed by atoms with E-state index in [2.05, 4.69) is 25.6 Å². The van der Waals surface area contributed by atoms with Crippen molar-refractivity contribution in [2.45, 2.75) is 33.3 Å². The van der Waals surface area contributed by atoms with Crippen molar-refractivity contribution >= 4 is 17.8 Å². The van der Waals surface area contributed by atoms with Gasteiger partial charge in [-0.2, -0.15) is 15.0 Å². The molecule has 0 aliphatic heterocycles. The van der Waals surface area contributed by atoms with Gasteiger partial charge >= 0.3 is 0 Å². The number of rotatable bonds is 8. The maximum absolute atomic E-state index is 5.65. The van der Waals surface area contributed by atoms with Crippen molar-refractivity contribution in [2.24, 2.45) is 0 Å². The molecule has 1 rings (SSSR count). The summed E-state index contributed by atoms with van der Waals surface area (Å²) in [6.45, 7) is 10.1. The van der Waals surface area contributed by atoms with E-state index in [-0.39, 0.29) is 5.60 Å². The molecule has 0 aliphatic carbocycles. The second kappa shape index (κ2) is 7.23. The van der Waals surface area contributed by atoms with Gasteiger partial charge in [0.1, 0.15) is 0 Å². The third-order valence-corrected chi connectivity index (χ3v) is 2.57. The zero-order valence-electron chi connectivity index (χ0n) is 13.3. The number of nitrogens with zero attached hydrogens (tertiary/aromatic N) is 4. The standard InChI is InChI=1S/C13H26N6O/c1-7-14-10-16-11(18-12(17-10)19(5)6)15-9-13(3,4)20-8-2/h7-9H2,1-6H3,(H2,14,15,16,17,18). The van der Waals surface area contributed by atoms with E-state index in [0.717, 1.165) is 6.54 Å². The average molecular weight is 282 g/mol. The van der Waals surface area contributed by atoms with Gasteiger partial charge in [0.25, 0.3) is 0 Å². The lowest BCUT2D eigenvalue weighted by molar-refractivity contribution is 0.000581. The van der Waals surface area contributed by atoms with Crippen LogP contribution in [0.15, 0.2) is 0 Å². The number of aromatic nitrogens is 3. The molecule has 0 aliphatic rings. The van der Waals surface area contributed by atoms with Crippen LogP contribution in [0.1, 0.15) is 27.7 Å². The highest BCUT2D eigenvalue weighted by Gasteiger charge is 2.18. The van der Waals surface area contributed by atoms with Crippen LogP contribution >= 0.6 is 0 Å².